The van der Waals surface area contributed by atoms with Crippen molar-refractivity contribution in [2.75, 3.05) is 11.5 Å². The highest BCUT2D eigenvalue weighted by Crippen LogP contribution is 2.33. The Labute approximate surface area is 169 Å². The van der Waals surface area contributed by atoms with Crippen LogP contribution in [0.25, 0.3) is 22.2 Å². The molecular weight excluding hydrogens is 394 g/mol. The van der Waals surface area contributed by atoms with Gasteiger partial charge in [-0.3, -0.25) is 4.57 Å². The summed E-state index contributed by atoms with van der Waals surface area (Å²) in [6.45, 7) is 0. The van der Waals surface area contributed by atoms with Crippen LogP contribution in [0.3, 0.4) is 0 Å². The zero-order chi connectivity index (χ0) is 20.0. The second-order valence-electron chi connectivity index (χ2n) is 6.83. The van der Waals surface area contributed by atoms with E-state index < -0.39 is 24.5 Å². The van der Waals surface area contributed by atoms with Crippen LogP contribution in [0.1, 0.15) is 6.23 Å². The van der Waals surface area contributed by atoms with Crippen molar-refractivity contribution < 1.29 is 14.9 Å². The summed E-state index contributed by atoms with van der Waals surface area (Å²) in [7, 11) is 0. The number of aliphatic hydroxyl groups is 2. The van der Waals surface area contributed by atoms with E-state index in [0.29, 0.717) is 22.8 Å². The van der Waals surface area contributed by atoms with Gasteiger partial charge in [0, 0.05) is 5.75 Å². The van der Waals surface area contributed by atoms with Crippen LogP contribution >= 0.6 is 11.8 Å². The normalized spacial score (nSPS) is 24.6. The van der Waals surface area contributed by atoms with Gasteiger partial charge in [-0.15, -0.1) is 11.8 Å². The lowest BCUT2D eigenvalue weighted by atomic mass is 10.1. The first-order valence-corrected chi connectivity index (χ1v) is 10.2. The number of aliphatic hydroxyl groups excluding tert-OH is 2. The van der Waals surface area contributed by atoms with E-state index in [2.05, 4.69) is 19.9 Å². The molecular formula is C18H19N7O3S. The zero-order valence-electron chi connectivity index (χ0n) is 15.2. The Bertz CT molecular complexity index is 1160. The topological polar surface area (TPSA) is 137 Å². The number of anilines is 1. The third-order valence-electron chi connectivity index (χ3n) is 5.04. The summed E-state index contributed by atoms with van der Waals surface area (Å²) < 4.78 is 9.58. The number of para-hydroxylation sites is 2. The molecule has 0 amide bonds. The summed E-state index contributed by atoms with van der Waals surface area (Å²) >= 11 is 1.59. The van der Waals surface area contributed by atoms with Crippen LogP contribution in [0.5, 0.6) is 0 Å². The fourth-order valence-corrected chi connectivity index (χ4v) is 4.55. The van der Waals surface area contributed by atoms with Gasteiger partial charge >= 0.3 is 0 Å². The number of thioether (sulfide) groups is 1. The third-order valence-corrected chi connectivity index (χ3v) is 6.06. The Morgan fingerprint density at radius 2 is 1.93 bits per heavy atom. The average Bonchev–Trinajstić information content (AvgIpc) is 3.41. The van der Waals surface area contributed by atoms with E-state index in [0.717, 1.165) is 11.0 Å². The zero-order valence-corrected chi connectivity index (χ0v) is 16.1. The molecule has 0 radical (unpaired) electrons. The minimum absolute atomic E-state index is 0.251. The van der Waals surface area contributed by atoms with Crippen molar-refractivity contribution >= 4 is 39.8 Å². The van der Waals surface area contributed by atoms with Gasteiger partial charge in [0.25, 0.3) is 0 Å². The van der Waals surface area contributed by atoms with Crippen molar-refractivity contribution in [1.82, 2.24) is 29.1 Å². The lowest BCUT2D eigenvalue weighted by molar-refractivity contribution is -0.0289. The van der Waals surface area contributed by atoms with Crippen LogP contribution in [0, 0.1) is 0 Å². The van der Waals surface area contributed by atoms with E-state index in [1.165, 1.54) is 12.7 Å². The highest BCUT2D eigenvalue weighted by atomic mass is 32.2. The number of imidazole rings is 2. The molecule has 5 rings (SSSR count). The first kappa shape index (κ1) is 18.3. The molecule has 0 aliphatic carbocycles. The number of nitrogens with zero attached hydrogens (tertiary/aromatic N) is 6. The molecule has 29 heavy (non-hydrogen) atoms. The molecule has 4 atom stereocenters. The first-order valence-electron chi connectivity index (χ1n) is 9.05. The molecule has 4 unspecified atom stereocenters. The van der Waals surface area contributed by atoms with Gasteiger partial charge in [-0.05, 0) is 12.1 Å². The third kappa shape index (κ3) is 3.12. The Morgan fingerprint density at radius 1 is 1.07 bits per heavy atom. The number of hydrogen-bond donors (Lipinski definition) is 3. The molecule has 4 N–H and O–H groups in total. The number of fused-ring (bicyclic) bond motifs is 2. The SMILES string of the molecule is Nc1ncnc2c1ncn2C1OC(CSCn2cnc3ccccc32)C(O)C1O. The molecule has 1 aliphatic rings. The van der Waals surface area contributed by atoms with Gasteiger partial charge in [0.15, 0.2) is 17.7 Å². The van der Waals surface area contributed by atoms with E-state index in [1.54, 1.807) is 22.7 Å². The number of nitrogen functional groups attached to an aromatic ring is 1. The summed E-state index contributed by atoms with van der Waals surface area (Å²) in [5, 5.41) is 21.0. The van der Waals surface area contributed by atoms with Crippen molar-refractivity contribution in [3.05, 3.63) is 43.2 Å². The highest BCUT2D eigenvalue weighted by molar-refractivity contribution is 7.98. The number of rotatable bonds is 5. The largest absolute Gasteiger partial charge is 0.387 e. The van der Waals surface area contributed by atoms with Gasteiger partial charge in [0.2, 0.25) is 0 Å². The molecule has 4 aromatic rings. The molecule has 150 valence electrons. The average molecular weight is 413 g/mol. The van der Waals surface area contributed by atoms with Gasteiger partial charge in [0.1, 0.15) is 24.1 Å². The van der Waals surface area contributed by atoms with Crippen LogP contribution in [0.4, 0.5) is 5.82 Å². The Kier molecular flexibility index (Phi) is 4.59. The minimum atomic E-state index is -1.11. The predicted molar refractivity (Wildman–Crippen MR) is 108 cm³/mol. The molecule has 0 spiro atoms. The highest BCUT2D eigenvalue weighted by Gasteiger charge is 2.44. The maximum atomic E-state index is 10.5. The molecule has 1 saturated heterocycles. The summed E-state index contributed by atoms with van der Waals surface area (Å²) in [6, 6.07) is 7.91. The van der Waals surface area contributed by atoms with E-state index in [4.69, 9.17) is 10.5 Å². The number of aromatic nitrogens is 6. The standard InChI is InChI=1S/C18H19N7O3S/c19-16-13-17(21-6-20-16)25(8-23-13)18-15(27)14(26)12(28-18)5-29-9-24-7-22-10-3-1-2-4-11(10)24/h1-4,6-8,12,14-15,18,26-27H,5,9H2,(H2,19,20,21). The minimum Gasteiger partial charge on any atom is -0.387 e. The summed E-state index contributed by atoms with van der Waals surface area (Å²) in [4.78, 5) is 16.7. The number of ether oxygens (including phenoxy) is 1. The fraction of sp³-hybridized carbons (Fsp3) is 0.333. The molecule has 1 aliphatic heterocycles. The second kappa shape index (κ2) is 7.26. The van der Waals surface area contributed by atoms with Gasteiger partial charge in [0.05, 0.1) is 35.7 Å². The van der Waals surface area contributed by atoms with E-state index >= 15 is 0 Å². The van der Waals surface area contributed by atoms with Crippen LogP contribution in [-0.4, -0.2) is 63.3 Å². The van der Waals surface area contributed by atoms with Crippen molar-refractivity contribution in [2.24, 2.45) is 0 Å². The van der Waals surface area contributed by atoms with Gasteiger partial charge in [-0.25, -0.2) is 19.9 Å². The van der Waals surface area contributed by atoms with Gasteiger partial charge < -0.3 is 25.3 Å². The van der Waals surface area contributed by atoms with Gasteiger partial charge in [-0.2, -0.15) is 0 Å². The molecule has 3 aromatic heterocycles. The van der Waals surface area contributed by atoms with Crippen molar-refractivity contribution in [3.63, 3.8) is 0 Å². The first-order chi connectivity index (χ1) is 14.1. The number of benzene rings is 1. The number of hydrogen-bond acceptors (Lipinski definition) is 9. The van der Waals surface area contributed by atoms with E-state index in [1.807, 2.05) is 28.8 Å². The quantitative estimate of drug-likeness (QED) is 0.433. The molecule has 4 heterocycles. The number of nitrogens with two attached hydrogens (primary N) is 1. The molecule has 0 bridgehead atoms. The van der Waals surface area contributed by atoms with Crippen molar-refractivity contribution in [2.45, 2.75) is 30.4 Å². The molecule has 1 aromatic carbocycles. The van der Waals surface area contributed by atoms with Crippen LogP contribution in [0.15, 0.2) is 43.2 Å². The summed E-state index contributed by atoms with van der Waals surface area (Å²) in [6.07, 6.45) is 1.14. The Hall–Kier alpha value is -2.73. The van der Waals surface area contributed by atoms with Crippen LogP contribution in [0.2, 0.25) is 0 Å². The fourth-order valence-electron chi connectivity index (χ4n) is 3.53. The van der Waals surface area contributed by atoms with Gasteiger partial charge in [-0.1, -0.05) is 12.1 Å². The van der Waals surface area contributed by atoms with Crippen LogP contribution in [-0.2, 0) is 10.6 Å². The van der Waals surface area contributed by atoms with E-state index in [-0.39, 0.29) is 5.82 Å². The molecule has 10 nitrogen and oxygen atoms in total. The van der Waals surface area contributed by atoms with E-state index in [9.17, 15) is 10.2 Å². The van der Waals surface area contributed by atoms with Crippen LogP contribution < -0.4 is 5.73 Å². The lowest BCUT2D eigenvalue weighted by Crippen LogP contribution is -2.32. The van der Waals surface area contributed by atoms with Crippen molar-refractivity contribution in [3.8, 4) is 0 Å². The Balaban J connectivity index is 1.29. The summed E-state index contributed by atoms with van der Waals surface area (Å²) in [5.74, 6) is 1.41. The maximum Gasteiger partial charge on any atom is 0.167 e. The van der Waals surface area contributed by atoms with Crippen molar-refractivity contribution in [1.29, 1.82) is 0 Å². The smallest absolute Gasteiger partial charge is 0.167 e. The molecule has 1 fully saturated rings. The predicted octanol–water partition coefficient (Wildman–Crippen LogP) is 0.768. The molecule has 11 heteroatoms. The maximum absolute atomic E-state index is 10.5. The summed E-state index contributed by atoms with van der Waals surface area (Å²) in [5.41, 5.74) is 8.69. The second-order valence-corrected chi connectivity index (χ2v) is 7.83. The monoisotopic (exact) mass is 413 g/mol. The lowest BCUT2D eigenvalue weighted by Gasteiger charge is -2.16. The molecule has 0 saturated carbocycles. The Morgan fingerprint density at radius 3 is 2.83 bits per heavy atom.